The first-order valence-electron chi connectivity index (χ1n) is 7.36. The maximum atomic E-state index is 3.44. The highest BCUT2D eigenvalue weighted by molar-refractivity contribution is 5.04. The van der Waals surface area contributed by atoms with Gasteiger partial charge in [0, 0.05) is 12.2 Å². The number of unbranched alkanes of at least 4 members (excludes halogenated alkanes) is 8. The lowest BCUT2D eigenvalue weighted by Crippen LogP contribution is -2.06. The van der Waals surface area contributed by atoms with E-state index >= 15 is 0 Å². The molecule has 0 fully saturated rings. The van der Waals surface area contributed by atoms with Crippen LogP contribution in [0.15, 0.2) is 11.8 Å². The van der Waals surface area contributed by atoms with E-state index in [9.17, 15) is 0 Å². The SMILES string of the molecule is CCCCCCCCCCCC1=CCCN1. The van der Waals surface area contributed by atoms with E-state index in [1.807, 2.05) is 0 Å². The van der Waals surface area contributed by atoms with Gasteiger partial charge >= 0.3 is 0 Å². The molecule has 1 N–H and O–H groups in total. The summed E-state index contributed by atoms with van der Waals surface area (Å²) in [6.45, 7) is 3.46. The molecule has 0 atom stereocenters. The van der Waals surface area contributed by atoms with Gasteiger partial charge in [-0.3, -0.25) is 0 Å². The van der Waals surface area contributed by atoms with Crippen LogP contribution in [0.4, 0.5) is 0 Å². The van der Waals surface area contributed by atoms with E-state index in [0.717, 1.165) is 0 Å². The van der Waals surface area contributed by atoms with E-state index in [1.165, 1.54) is 82.9 Å². The molecule has 0 saturated heterocycles. The van der Waals surface area contributed by atoms with Gasteiger partial charge in [-0.05, 0) is 19.3 Å². The zero-order valence-corrected chi connectivity index (χ0v) is 11.1. The molecule has 1 heteroatoms. The molecule has 1 heterocycles. The van der Waals surface area contributed by atoms with Crippen molar-refractivity contribution in [2.45, 2.75) is 77.6 Å². The Balaban J connectivity index is 1.74. The van der Waals surface area contributed by atoms with Gasteiger partial charge in [0.2, 0.25) is 0 Å². The zero-order chi connectivity index (χ0) is 11.5. The van der Waals surface area contributed by atoms with Crippen molar-refractivity contribution in [3.8, 4) is 0 Å². The molecule has 1 rings (SSSR count). The smallest absolute Gasteiger partial charge is 0.0179 e. The van der Waals surface area contributed by atoms with Gasteiger partial charge in [0.1, 0.15) is 0 Å². The molecule has 1 aliphatic rings. The third-order valence-electron chi connectivity index (χ3n) is 3.44. The molecule has 0 radical (unpaired) electrons. The largest absolute Gasteiger partial charge is 0.388 e. The predicted octanol–water partition coefficient (Wildman–Crippen LogP) is 4.78. The molecule has 1 aliphatic heterocycles. The average molecular weight is 223 g/mol. The normalized spacial score (nSPS) is 14.9. The van der Waals surface area contributed by atoms with Crippen LogP contribution in [0, 0.1) is 0 Å². The lowest BCUT2D eigenvalue weighted by Gasteiger charge is -2.04. The average Bonchev–Trinajstić information content (AvgIpc) is 2.80. The number of rotatable bonds is 10. The molecule has 1 nitrogen and oxygen atoms in total. The summed E-state index contributed by atoms with van der Waals surface area (Å²) in [5.41, 5.74) is 1.50. The van der Waals surface area contributed by atoms with Gasteiger partial charge in [-0.25, -0.2) is 0 Å². The van der Waals surface area contributed by atoms with Crippen molar-refractivity contribution in [1.82, 2.24) is 5.32 Å². The first kappa shape index (κ1) is 13.6. The fourth-order valence-corrected chi connectivity index (χ4v) is 2.37. The summed E-state index contributed by atoms with van der Waals surface area (Å²) in [6.07, 6.45) is 17.8. The Kier molecular flexibility index (Phi) is 8.28. The molecule has 0 aromatic rings. The van der Waals surface area contributed by atoms with Crippen molar-refractivity contribution in [1.29, 1.82) is 0 Å². The maximum absolute atomic E-state index is 3.44. The van der Waals surface area contributed by atoms with Gasteiger partial charge in [0.15, 0.2) is 0 Å². The van der Waals surface area contributed by atoms with Crippen LogP contribution in [0.1, 0.15) is 77.6 Å². The van der Waals surface area contributed by atoms with E-state index in [0.29, 0.717) is 0 Å². The molecule has 0 amide bonds. The summed E-state index contributed by atoms with van der Waals surface area (Å²) >= 11 is 0. The molecular weight excluding hydrogens is 194 g/mol. The highest BCUT2D eigenvalue weighted by Crippen LogP contribution is 2.14. The number of allylic oxidation sites excluding steroid dienone is 1. The molecule has 0 saturated carbocycles. The molecule has 0 aromatic carbocycles. The van der Waals surface area contributed by atoms with Crippen molar-refractivity contribution < 1.29 is 0 Å². The van der Waals surface area contributed by atoms with E-state index in [2.05, 4.69) is 18.3 Å². The van der Waals surface area contributed by atoms with Crippen LogP contribution in [0.25, 0.3) is 0 Å². The first-order valence-corrected chi connectivity index (χ1v) is 7.36. The second-order valence-corrected chi connectivity index (χ2v) is 5.02. The summed E-state index contributed by atoms with van der Waals surface area (Å²) in [4.78, 5) is 0. The topological polar surface area (TPSA) is 12.0 Å². The lowest BCUT2D eigenvalue weighted by molar-refractivity contribution is 0.562. The lowest BCUT2D eigenvalue weighted by atomic mass is 10.1. The molecule has 0 spiro atoms. The summed E-state index contributed by atoms with van der Waals surface area (Å²) in [7, 11) is 0. The number of hydrogen-bond donors (Lipinski definition) is 1. The molecule has 16 heavy (non-hydrogen) atoms. The first-order chi connectivity index (χ1) is 7.93. The van der Waals surface area contributed by atoms with Crippen LogP contribution in [0.5, 0.6) is 0 Å². The molecular formula is C15H29N. The molecule has 0 aromatic heterocycles. The second kappa shape index (κ2) is 9.74. The third kappa shape index (κ3) is 6.92. The van der Waals surface area contributed by atoms with Crippen LogP contribution in [-0.2, 0) is 0 Å². The van der Waals surface area contributed by atoms with Crippen molar-refractivity contribution in [3.05, 3.63) is 11.8 Å². The Bertz CT molecular complexity index is 184. The molecule has 0 unspecified atom stereocenters. The van der Waals surface area contributed by atoms with Crippen LogP contribution >= 0.6 is 0 Å². The summed E-state index contributed by atoms with van der Waals surface area (Å²) in [6, 6.07) is 0. The van der Waals surface area contributed by atoms with Gasteiger partial charge in [-0.1, -0.05) is 64.4 Å². The van der Waals surface area contributed by atoms with Crippen LogP contribution in [0.3, 0.4) is 0 Å². The Morgan fingerprint density at radius 1 is 0.938 bits per heavy atom. The van der Waals surface area contributed by atoms with Crippen LogP contribution < -0.4 is 5.32 Å². The van der Waals surface area contributed by atoms with Gasteiger partial charge < -0.3 is 5.32 Å². The summed E-state index contributed by atoms with van der Waals surface area (Å²) in [5.74, 6) is 0. The van der Waals surface area contributed by atoms with E-state index in [1.54, 1.807) is 0 Å². The minimum absolute atomic E-state index is 1.17. The predicted molar refractivity (Wildman–Crippen MR) is 72.5 cm³/mol. The van der Waals surface area contributed by atoms with Gasteiger partial charge in [0.05, 0.1) is 0 Å². The third-order valence-corrected chi connectivity index (χ3v) is 3.44. The second-order valence-electron chi connectivity index (χ2n) is 5.02. The van der Waals surface area contributed by atoms with Crippen molar-refractivity contribution >= 4 is 0 Å². The number of hydrogen-bond acceptors (Lipinski definition) is 1. The highest BCUT2D eigenvalue weighted by atomic mass is 14.9. The van der Waals surface area contributed by atoms with Crippen LogP contribution in [-0.4, -0.2) is 6.54 Å². The fourth-order valence-electron chi connectivity index (χ4n) is 2.37. The maximum Gasteiger partial charge on any atom is 0.0179 e. The van der Waals surface area contributed by atoms with Gasteiger partial charge in [-0.2, -0.15) is 0 Å². The Morgan fingerprint density at radius 2 is 1.56 bits per heavy atom. The minimum Gasteiger partial charge on any atom is -0.388 e. The summed E-state index contributed by atoms with van der Waals surface area (Å²) in [5, 5.41) is 3.44. The molecule has 0 aliphatic carbocycles. The van der Waals surface area contributed by atoms with Gasteiger partial charge in [0.25, 0.3) is 0 Å². The quantitative estimate of drug-likeness (QED) is 0.525. The van der Waals surface area contributed by atoms with Crippen LogP contribution in [0.2, 0.25) is 0 Å². The standard InChI is InChI=1S/C15H29N/c1-2-3-4-5-6-7-8-9-10-12-15-13-11-14-16-15/h13,16H,2-12,14H2,1H3. The number of nitrogens with one attached hydrogen (secondary N) is 1. The highest BCUT2D eigenvalue weighted by Gasteiger charge is 2.01. The van der Waals surface area contributed by atoms with Gasteiger partial charge in [-0.15, -0.1) is 0 Å². The zero-order valence-electron chi connectivity index (χ0n) is 11.1. The Labute approximate surface area is 102 Å². The Hall–Kier alpha value is -0.460. The van der Waals surface area contributed by atoms with Crippen molar-refractivity contribution in [2.24, 2.45) is 0 Å². The van der Waals surface area contributed by atoms with E-state index in [-0.39, 0.29) is 0 Å². The Morgan fingerprint density at radius 3 is 2.12 bits per heavy atom. The van der Waals surface area contributed by atoms with Crippen molar-refractivity contribution in [3.63, 3.8) is 0 Å². The van der Waals surface area contributed by atoms with E-state index < -0.39 is 0 Å². The fraction of sp³-hybridized carbons (Fsp3) is 0.867. The monoisotopic (exact) mass is 223 g/mol. The molecule has 94 valence electrons. The minimum atomic E-state index is 1.17. The summed E-state index contributed by atoms with van der Waals surface area (Å²) < 4.78 is 0. The van der Waals surface area contributed by atoms with E-state index in [4.69, 9.17) is 0 Å². The van der Waals surface area contributed by atoms with Crippen molar-refractivity contribution in [2.75, 3.05) is 6.54 Å². The molecule has 0 bridgehead atoms.